The van der Waals surface area contributed by atoms with E-state index in [0.717, 1.165) is 11.4 Å². The highest BCUT2D eigenvalue weighted by Crippen LogP contribution is 2.21. The van der Waals surface area contributed by atoms with Gasteiger partial charge >= 0.3 is 5.97 Å². The third kappa shape index (κ3) is 6.80. The van der Waals surface area contributed by atoms with Crippen LogP contribution in [0.4, 0.5) is 22.7 Å². The molecule has 0 aliphatic heterocycles. The number of ether oxygens (including phenoxy) is 1. The zero-order valence-electron chi connectivity index (χ0n) is 20.4. The van der Waals surface area contributed by atoms with Crippen molar-refractivity contribution in [3.05, 3.63) is 120 Å². The van der Waals surface area contributed by atoms with Crippen molar-refractivity contribution in [2.45, 2.75) is 0 Å². The summed E-state index contributed by atoms with van der Waals surface area (Å²) < 4.78 is 4.66. The summed E-state index contributed by atoms with van der Waals surface area (Å²) >= 11 is 5.29. The lowest BCUT2D eigenvalue weighted by molar-refractivity contribution is 0.0600. The van der Waals surface area contributed by atoms with E-state index in [4.69, 9.17) is 12.2 Å². The van der Waals surface area contributed by atoms with Crippen molar-refractivity contribution >= 4 is 57.9 Å². The van der Waals surface area contributed by atoms with E-state index in [2.05, 4.69) is 26.0 Å². The summed E-state index contributed by atoms with van der Waals surface area (Å²) in [5.74, 6) is -1.31. The van der Waals surface area contributed by atoms with Crippen LogP contribution < -0.4 is 21.3 Å². The van der Waals surface area contributed by atoms with E-state index >= 15 is 0 Å². The van der Waals surface area contributed by atoms with Crippen LogP contribution in [0.1, 0.15) is 31.1 Å². The van der Waals surface area contributed by atoms with Gasteiger partial charge in [-0.15, -0.1) is 0 Å². The largest absolute Gasteiger partial charge is 0.465 e. The summed E-state index contributed by atoms with van der Waals surface area (Å²) in [6.07, 6.45) is 0. The summed E-state index contributed by atoms with van der Waals surface area (Å²) in [5.41, 5.74) is 3.87. The van der Waals surface area contributed by atoms with Crippen molar-refractivity contribution in [1.29, 1.82) is 0 Å². The molecule has 9 heteroatoms. The number of anilines is 4. The summed E-state index contributed by atoms with van der Waals surface area (Å²) in [5, 5.41) is 11.7. The number of benzene rings is 4. The molecule has 0 fully saturated rings. The van der Waals surface area contributed by atoms with Crippen molar-refractivity contribution < 1.29 is 19.1 Å². The Morgan fingerprint density at radius 3 is 1.89 bits per heavy atom. The molecule has 190 valence electrons. The Labute approximate surface area is 225 Å². The van der Waals surface area contributed by atoms with Crippen LogP contribution in [0.3, 0.4) is 0 Å². The van der Waals surface area contributed by atoms with Gasteiger partial charge in [-0.25, -0.2) is 4.79 Å². The maximum atomic E-state index is 13.0. The number of carbonyl (C=O) groups excluding carboxylic acids is 3. The van der Waals surface area contributed by atoms with Crippen LogP contribution in [-0.4, -0.2) is 30.0 Å². The van der Waals surface area contributed by atoms with Gasteiger partial charge in [0, 0.05) is 22.6 Å². The molecule has 0 bridgehead atoms. The molecule has 0 atom stereocenters. The second-order valence-electron chi connectivity index (χ2n) is 8.05. The number of rotatable bonds is 7. The molecule has 38 heavy (non-hydrogen) atoms. The van der Waals surface area contributed by atoms with E-state index in [9.17, 15) is 14.4 Å². The maximum absolute atomic E-state index is 13.0. The lowest BCUT2D eigenvalue weighted by Gasteiger charge is -2.14. The van der Waals surface area contributed by atoms with Gasteiger partial charge < -0.3 is 20.7 Å². The topological polar surface area (TPSA) is 109 Å². The number of hydrogen-bond donors (Lipinski definition) is 4. The molecule has 0 aliphatic rings. The first-order valence-corrected chi connectivity index (χ1v) is 12.0. The lowest BCUT2D eigenvalue weighted by Crippen LogP contribution is -2.34. The number of amides is 2. The van der Waals surface area contributed by atoms with Crippen LogP contribution >= 0.6 is 12.2 Å². The van der Waals surface area contributed by atoms with Gasteiger partial charge in [-0.05, 0) is 85.0 Å². The molecular formula is C29H24N4O4S. The minimum absolute atomic E-state index is 0.0173. The molecule has 0 aromatic heterocycles. The number of esters is 1. The van der Waals surface area contributed by atoms with E-state index in [-0.39, 0.29) is 11.0 Å². The normalized spacial score (nSPS) is 10.1. The Morgan fingerprint density at radius 2 is 1.21 bits per heavy atom. The fraction of sp³-hybridized carbons (Fsp3) is 0.0345. The molecule has 0 heterocycles. The van der Waals surface area contributed by atoms with Crippen molar-refractivity contribution in [2.24, 2.45) is 0 Å². The number of methoxy groups -OCH3 is 1. The number of nitrogens with one attached hydrogen (secondary N) is 4. The second kappa shape index (κ2) is 12.3. The van der Waals surface area contributed by atoms with Gasteiger partial charge in [0.05, 0.1) is 23.9 Å². The Kier molecular flexibility index (Phi) is 8.42. The first kappa shape index (κ1) is 26.1. The molecule has 8 nitrogen and oxygen atoms in total. The quantitative estimate of drug-likeness (QED) is 0.184. The molecule has 0 unspecified atom stereocenters. The van der Waals surface area contributed by atoms with Gasteiger partial charge in [0.1, 0.15) is 0 Å². The van der Waals surface area contributed by atoms with E-state index < -0.39 is 11.9 Å². The molecule has 0 saturated carbocycles. The number of thiocarbonyl (C=S) groups is 1. The van der Waals surface area contributed by atoms with Gasteiger partial charge in [0.25, 0.3) is 11.8 Å². The molecule has 0 spiro atoms. The zero-order valence-corrected chi connectivity index (χ0v) is 21.2. The van der Waals surface area contributed by atoms with Gasteiger partial charge in [0.2, 0.25) is 0 Å². The third-order valence-corrected chi connectivity index (χ3v) is 5.62. The third-order valence-electron chi connectivity index (χ3n) is 5.42. The molecule has 0 aliphatic carbocycles. The van der Waals surface area contributed by atoms with Crippen LogP contribution in [0.2, 0.25) is 0 Å². The van der Waals surface area contributed by atoms with E-state index in [0.29, 0.717) is 28.1 Å². The summed E-state index contributed by atoms with van der Waals surface area (Å²) in [7, 11) is 1.28. The average molecular weight is 525 g/mol. The Morgan fingerprint density at radius 1 is 0.632 bits per heavy atom. The lowest BCUT2D eigenvalue weighted by atomic mass is 10.1. The van der Waals surface area contributed by atoms with Crippen LogP contribution in [0.5, 0.6) is 0 Å². The molecule has 2 amide bonds. The van der Waals surface area contributed by atoms with Gasteiger partial charge in [-0.3, -0.25) is 14.9 Å². The monoisotopic (exact) mass is 524 g/mol. The molecule has 4 aromatic rings. The fourth-order valence-corrected chi connectivity index (χ4v) is 3.72. The van der Waals surface area contributed by atoms with E-state index in [1.54, 1.807) is 36.4 Å². The predicted molar refractivity (Wildman–Crippen MR) is 152 cm³/mol. The summed E-state index contributed by atoms with van der Waals surface area (Å²) in [6, 6.07) is 29.9. The minimum Gasteiger partial charge on any atom is -0.465 e. The highest BCUT2D eigenvalue weighted by atomic mass is 32.1. The molecule has 0 radical (unpaired) electrons. The molecule has 4 rings (SSSR count). The number of hydrogen-bond acceptors (Lipinski definition) is 6. The van der Waals surface area contributed by atoms with Crippen LogP contribution in [0.25, 0.3) is 0 Å². The van der Waals surface area contributed by atoms with E-state index in [1.165, 1.54) is 31.4 Å². The van der Waals surface area contributed by atoms with Crippen LogP contribution in [0, 0.1) is 0 Å². The minimum atomic E-state index is -0.496. The van der Waals surface area contributed by atoms with Crippen molar-refractivity contribution in [1.82, 2.24) is 5.32 Å². The first-order valence-electron chi connectivity index (χ1n) is 11.6. The molecule has 4 N–H and O–H groups in total. The zero-order chi connectivity index (χ0) is 26.9. The van der Waals surface area contributed by atoms with Crippen LogP contribution in [0.15, 0.2) is 103 Å². The van der Waals surface area contributed by atoms with Crippen LogP contribution in [-0.2, 0) is 4.74 Å². The first-order chi connectivity index (χ1) is 18.4. The standard InChI is InChI=1S/C29H24N4O4S/c1-37-28(36)20-13-11-19(12-14-20)26(34)33-29(38)32-25-10-6-5-9-24(25)27(35)31-23-17-15-22(16-18-23)30-21-7-3-2-4-8-21/h2-18,30H,1H3,(H,31,35)(H2,32,33,34,38). The van der Waals surface area contributed by atoms with Crippen molar-refractivity contribution in [3.63, 3.8) is 0 Å². The maximum Gasteiger partial charge on any atom is 0.337 e. The smallest absolute Gasteiger partial charge is 0.337 e. The summed E-state index contributed by atoms with van der Waals surface area (Å²) in [6.45, 7) is 0. The van der Waals surface area contributed by atoms with Gasteiger partial charge in [-0.1, -0.05) is 30.3 Å². The molecule has 4 aromatic carbocycles. The predicted octanol–water partition coefficient (Wildman–Crippen LogP) is 5.60. The summed E-state index contributed by atoms with van der Waals surface area (Å²) in [4.78, 5) is 37.1. The van der Waals surface area contributed by atoms with Crippen molar-refractivity contribution in [3.8, 4) is 0 Å². The fourth-order valence-electron chi connectivity index (χ4n) is 3.52. The highest BCUT2D eigenvalue weighted by molar-refractivity contribution is 7.80. The molecule has 0 saturated heterocycles. The van der Waals surface area contributed by atoms with Gasteiger partial charge in [-0.2, -0.15) is 0 Å². The SMILES string of the molecule is COC(=O)c1ccc(C(=O)NC(=S)Nc2ccccc2C(=O)Nc2ccc(Nc3ccccc3)cc2)cc1. The Balaban J connectivity index is 1.37. The number of para-hydroxylation sites is 2. The Bertz CT molecular complexity index is 1460. The number of carbonyl (C=O) groups is 3. The Hall–Kier alpha value is -5.02. The average Bonchev–Trinajstić information content (AvgIpc) is 2.94. The van der Waals surface area contributed by atoms with E-state index in [1.807, 2.05) is 42.5 Å². The molecular weight excluding hydrogens is 500 g/mol. The highest BCUT2D eigenvalue weighted by Gasteiger charge is 2.15. The van der Waals surface area contributed by atoms with Gasteiger partial charge in [0.15, 0.2) is 5.11 Å². The van der Waals surface area contributed by atoms with Crippen molar-refractivity contribution in [2.75, 3.05) is 23.1 Å². The second-order valence-corrected chi connectivity index (χ2v) is 8.45.